The van der Waals surface area contributed by atoms with E-state index in [-0.39, 0.29) is 0 Å². The summed E-state index contributed by atoms with van der Waals surface area (Å²) in [5.74, 6) is 0. The van der Waals surface area contributed by atoms with Crippen LogP contribution in [-0.4, -0.2) is 5.33 Å². The van der Waals surface area contributed by atoms with E-state index in [1.165, 1.54) is 24.8 Å². The highest BCUT2D eigenvalue weighted by molar-refractivity contribution is 9.09. The number of unbranched alkanes of at least 4 members (excludes halogenated alkanes) is 2. The Labute approximate surface area is 66.5 Å². The summed E-state index contributed by atoms with van der Waals surface area (Å²) in [7, 11) is 0. The zero-order valence-electron chi connectivity index (χ0n) is 6.28. The Hall–Kier alpha value is 0.220. The largest absolute Gasteiger partial charge is 0.0880 e. The van der Waals surface area contributed by atoms with Gasteiger partial charge in [-0.25, -0.2) is 0 Å². The van der Waals surface area contributed by atoms with Crippen LogP contribution in [-0.2, 0) is 0 Å². The Kier molecular flexibility index (Phi) is 6.50. The lowest BCUT2D eigenvalue weighted by atomic mass is 10.2. The first kappa shape index (κ1) is 9.22. The van der Waals surface area contributed by atoms with E-state index in [4.69, 9.17) is 0 Å². The number of allylic oxidation sites excluding steroid dienone is 2. The predicted octanol–water partition coefficient (Wildman–Crippen LogP) is 3.52. The molecule has 0 saturated carbocycles. The Bertz CT molecular complexity index is 84.6. The van der Waals surface area contributed by atoms with Crippen LogP contribution in [0.5, 0.6) is 0 Å². The normalized spacial score (nSPS) is 12.1. The number of alkyl halides is 1. The van der Waals surface area contributed by atoms with Crippen molar-refractivity contribution in [3.63, 3.8) is 0 Å². The maximum Gasteiger partial charge on any atom is 0.0239 e. The second-order valence-corrected chi connectivity index (χ2v) is 2.89. The minimum absolute atomic E-state index is 1.02. The van der Waals surface area contributed by atoms with E-state index in [1.807, 2.05) is 0 Å². The van der Waals surface area contributed by atoms with Crippen LogP contribution >= 0.6 is 15.9 Å². The molecule has 0 aromatic rings. The smallest absolute Gasteiger partial charge is 0.0239 e. The molecule has 0 atom stereocenters. The first-order chi connectivity index (χ1) is 4.31. The molecule has 0 fully saturated rings. The van der Waals surface area contributed by atoms with Crippen molar-refractivity contribution in [2.45, 2.75) is 33.1 Å². The lowest BCUT2D eigenvalue weighted by molar-refractivity contribution is 0.811. The van der Waals surface area contributed by atoms with Gasteiger partial charge in [-0.2, -0.15) is 0 Å². The molecule has 0 N–H and O–H groups in total. The third-order valence-electron chi connectivity index (χ3n) is 1.26. The van der Waals surface area contributed by atoms with Crippen molar-refractivity contribution in [1.29, 1.82) is 0 Å². The molecule has 0 aromatic heterocycles. The van der Waals surface area contributed by atoms with Gasteiger partial charge in [0.15, 0.2) is 0 Å². The molecule has 0 rings (SSSR count). The second-order valence-electron chi connectivity index (χ2n) is 2.33. The van der Waals surface area contributed by atoms with Crippen molar-refractivity contribution >= 4 is 15.9 Å². The standard InChI is InChI=1S/C8H15Br/c1-3-4-5-6-8(2)7-9/h6H,3-5,7H2,1-2H3/b8-6+. The van der Waals surface area contributed by atoms with Gasteiger partial charge in [0.25, 0.3) is 0 Å². The monoisotopic (exact) mass is 190 g/mol. The van der Waals surface area contributed by atoms with Gasteiger partial charge in [0.05, 0.1) is 0 Å². The molecular formula is C8H15Br. The minimum atomic E-state index is 1.02. The third kappa shape index (κ3) is 6.10. The lowest BCUT2D eigenvalue weighted by Gasteiger charge is -1.92. The second kappa shape index (κ2) is 6.34. The molecule has 0 amide bonds. The van der Waals surface area contributed by atoms with Crippen molar-refractivity contribution in [3.8, 4) is 0 Å². The molecule has 1 heteroatoms. The highest BCUT2D eigenvalue weighted by atomic mass is 79.9. The fourth-order valence-electron chi connectivity index (χ4n) is 0.607. The van der Waals surface area contributed by atoms with Crippen LogP contribution in [0.15, 0.2) is 11.6 Å². The van der Waals surface area contributed by atoms with Crippen molar-refractivity contribution in [2.75, 3.05) is 5.33 Å². The van der Waals surface area contributed by atoms with Gasteiger partial charge < -0.3 is 0 Å². The first-order valence-corrected chi connectivity index (χ1v) is 4.65. The van der Waals surface area contributed by atoms with E-state index in [0.29, 0.717) is 0 Å². The van der Waals surface area contributed by atoms with Crippen LogP contribution in [0.2, 0.25) is 0 Å². The summed E-state index contributed by atoms with van der Waals surface area (Å²) in [4.78, 5) is 0. The zero-order chi connectivity index (χ0) is 7.11. The molecule has 0 spiro atoms. The van der Waals surface area contributed by atoms with Gasteiger partial charge in [-0.1, -0.05) is 47.3 Å². The number of hydrogen-bond donors (Lipinski definition) is 0. The SMILES string of the molecule is CCCC/C=C(\C)CBr. The number of rotatable bonds is 4. The molecule has 0 saturated heterocycles. The quantitative estimate of drug-likeness (QED) is 0.362. The van der Waals surface area contributed by atoms with Crippen LogP contribution in [0, 0.1) is 0 Å². The van der Waals surface area contributed by atoms with Crippen molar-refractivity contribution in [1.82, 2.24) is 0 Å². The molecular weight excluding hydrogens is 176 g/mol. The predicted molar refractivity (Wildman–Crippen MR) is 47.1 cm³/mol. The Morgan fingerprint density at radius 3 is 2.67 bits per heavy atom. The summed E-state index contributed by atoms with van der Waals surface area (Å²) < 4.78 is 0. The van der Waals surface area contributed by atoms with Gasteiger partial charge in [0.1, 0.15) is 0 Å². The van der Waals surface area contributed by atoms with Crippen LogP contribution in [0.4, 0.5) is 0 Å². The molecule has 0 bridgehead atoms. The van der Waals surface area contributed by atoms with Crippen LogP contribution in [0.3, 0.4) is 0 Å². The van der Waals surface area contributed by atoms with Crippen LogP contribution in [0.25, 0.3) is 0 Å². The Morgan fingerprint density at radius 2 is 2.22 bits per heavy atom. The van der Waals surface area contributed by atoms with E-state index < -0.39 is 0 Å². The molecule has 0 radical (unpaired) electrons. The van der Waals surface area contributed by atoms with Crippen molar-refractivity contribution < 1.29 is 0 Å². The van der Waals surface area contributed by atoms with E-state index in [9.17, 15) is 0 Å². The van der Waals surface area contributed by atoms with Gasteiger partial charge in [-0.05, 0) is 13.3 Å². The maximum atomic E-state index is 3.40. The molecule has 0 aliphatic carbocycles. The molecule has 0 aromatic carbocycles. The molecule has 0 aliphatic heterocycles. The fourth-order valence-corrected chi connectivity index (χ4v) is 0.836. The lowest BCUT2D eigenvalue weighted by Crippen LogP contribution is -1.75. The highest BCUT2D eigenvalue weighted by Gasteiger charge is 1.83. The number of hydrogen-bond acceptors (Lipinski definition) is 0. The van der Waals surface area contributed by atoms with E-state index in [0.717, 1.165) is 5.33 Å². The van der Waals surface area contributed by atoms with Gasteiger partial charge in [0, 0.05) is 5.33 Å². The average Bonchev–Trinajstić information content (AvgIpc) is 1.89. The van der Waals surface area contributed by atoms with E-state index >= 15 is 0 Å². The topological polar surface area (TPSA) is 0 Å². The molecule has 54 valence electrons. The van der Waals surface area contributed by atoms with E-state index in [2.05, 4.69) is 35.9 Å². The van der Waals surface area contributed by atoms with E-state index in [1.54, 1.807) is 0 Å². The molecule has 0 nitrogen and oxygen atoms in total. The summed E-state index contributed by atoms with van der Waals surface area (Å²) >= 11 is 3.40. The Balaban J connectivity index is 3.21. The molecule has 0 aliphatic rings. The summed E-state index contributed by atoms with van der Waals surface area (Å²) in [6, 6.07) is 0. The zero-order valence-corrected chi connectivity index (χ0v) is 7.87. The van der Waals surface area contributed by atoms with Crippen molar-refractivity contribution in [2.24, 2.45) is 0 Å². The van der Waals surface area contributed by atoms with Gasteiger partial charge >= 0.3 is 0 Å². The summed E-state index contributed by atoms with van der Waals surface area (Å²) in [6.45, 7) is 4.38. The Morgan fingerprint density at radius 1 is 1.56 bits per heavy atom. The summed E-state index contributed by atoms with van der Waals surface area (Å²) in [5, 5.41) is 1.02. The van der Waals surface area contributed by atoms with Crippen molar-refractivity contribution in [3.05, 3.63) is 11.6 Å². The highest BCUT2D eigenvalue weighted by Crippen LogP contribution is 2.02. The summed E-state index contributed by atoms with van der Waals surface area (Å²) in [5.41, 5.74) is 1.45. The molecule has 0 heterocycles. The van der Waals surface area contributed by atoms with Crippen LogP contribution < -0.4 is 0 Å². The molecule has 9 heavy (non-hydrogen) atoms. The van der Waals surface area contributed by atoms with Gasteiger partial charge in [-0.3, -0.25) is 0 Å². The molecule has 0 unspecified atom stereocenters. The minimum Gasteiger partial charge on any atom is -0.0880 e. The summed E-state index contributed by atoms with van der Waals surface area (Å²) in [6.07, 6.45) is 6.17. The van der Waals surface area contributed by atoms with Gasteiger partial charge in [0.2, 0.25) is 0 Å². The van der Waals surface area contributed by atoms with Crippen LogP contribution in [0.1, 0.15) is 33.1 Å². The maximum absolute atomic E-state index is 3.40. The third-order valence-corrected chi connectivity index (χ3v) is 2.15. The van der Waals surface area contributed by atoms with Gasteiger partial charge in [-0.15, -0.1) is 0 Å². The average molecular weight is 191 g/mol. The fraction of sp³-hybridized carbons (Fsp3) is 0.750. The first-order valence-electron chi connectivity index (χ1n) is 3.52. The number of halogens is 1.